The second kappa shape index (κ2) is 17.7. The van der Waals surface area contributed by atoms with Gasteiger partial charge in [-0.3, -0.25) is 0 Å². The molecule has 4 fully saturated rings. The zero-order valence-electron chi connectivity index (χ0n) is 29.4. The quantitative estimate of drug-likeness (QED) is 0.163. The van der Waals surface area contributed by atoms with E-state index in [9.17, 15) is 0 Å². The van der Waals surface area contributed by atoms with Gasteiger partial charge >= 0.3 is 0 Å². The van der Waals surface area contributed by atoms with E-state index in [-0.39, 0.29) is 16.8 Å². The van der Waals surface area contributed by atoms with Gasteiger partial charge in [0.2, 0.25) is 0 Å². The van der Waals surface area contributed by atoms with Gasteiger partial charge in [-0.05, 0) is 36.5 Å². The van der Waals surface area contributed by atoms with Crippen LogP contribution in [0.5, 0.6) is 0 Å². The molecule has 47 heavy (non-hydrogen) atoms. The topological polar surface area (TPSA) is 0 Å². The maximum Gasteiger partial charge on any atom is 0 e. The van der Waals surface area contributed by atoms with Crippen molar-refractivity contribution in [3.05, 3.63) is 82.9 Å². The van der Waals surface area contributed by atoms with Crippen LogP contribution in [-0.4, -0.2) is 0 Å². The molecule has 0 heterocycles. The molecule has 0 spiro atoms. The fourth-order valence-corrected chi connectivity index (χ4v) is 10.3. The first-order valence-corrected chi connectivity index (χ1v) is 20.1. The Kier molecular flexibility index (Phi) is 13.2. The summed E-state index contributed by atoms with van der Waals surface area (Å²) in [5.74, 6) is 3.77. The van der Waals surface area contributed by atoms with Gasteiger partial charge in [-0.2, -0.15) is 0 Å². The van der Waals surface area contributed by atoms with E-state index in [1.54, 1.807) is 43.8 Å². The van der Waals surface area contributed by atoms with Crippen molar-refractivity contribution < 1.29 is 16.8 Å². The Balaban J connectivity index is 0.000000161. The van der Waals surface area contributed by atoms with E-state index in [0.29, 0.717) is 0 Å². The molecule has 1 heteroatoms. The third-order valence-electron chi connectivity index (χ3n) is 12.9. The number of fused-ring (bicyclic) bond motifs is 2. The van der Waals surface area contributed by atoms with Crippen molar-refractivity contribution in [3.63, 3.8) is 0 Å². The van der Waals surface area contributed by atoms with Crippen molar-refractivity contribution in [2.45, 2.75) is 154 Å². The molecular weight excluding hydrogens is 611 g/mol. The number of rotatable bonds is 8. The summed E-state index contributed by atoms with van der Waals surface area (Å²) in [5.41, 5.74) is 6.60. The van der Waals surface area contributed by atoms with E-state index in [1.165, 1.54) is 154 Å². The molecule has 257 valence electrons. The molecule has 0 atom stereocenters. The van der Waals surface area contributed by atoms with E-state index in [4.69, 9.17) is 0 Å². The smallest absolute Gasteiger partial charge is 0 e. The van der Waals surface area contributed by atoms with Gasteiger partial charge in [-0.1, -0.05) is 152 Å². The third-order valence-corrected chi connectivity index (χ3v) is 12.9. The molecule has 4 aliphatic carbocycles. The Hall–Kier alpha value is -1.83. The van der Waals surface area contributed by atoms with Crippen molar-refractivity contribution in [2.75, 3.05) is 0 Å². The zero-order valence-corrected chi connectivity index (χ0v) is 30.4. The monoisotopic (exact) mass is 673 g/mol. The van der Waals surface area contributed by atoms with Gasteiger partial charge < -0.3 is 0 Å². The van der Waals surface area contributed by atoms with E-state index in [0.717, 1.165) is 23.7 Å². The molecule has 4 aromatic rings. The molecule has 0 aliphatic heterocycles. The molecule has 4 aromatic carbocycles. The second-order valence-electron chi connectivity index (χ2n) is 16.3. The van der Waals surface area contributed by atoms with Crippen LogP contribution in [0.25, 0.3) is 21.5 Å². The van der Waals surface area contributed by atoms with E-state index in [2.05, 4.69) is 60.7 Å². The molecule has 0 bridgehead atoms. The average Bonchev–Trinajstić information content (AvgIpc) is 3.64. The van der Waals surface area contributed by atoms with Crippen LogP contribution in [0.1, 0.15) is 151 Å². The summed E-state index contributed by atoms with van der Waals surface area (Å²) in [6.07, 6.45) is 34.5. The van der Waals surface area contributed by atoms with Crippen LogP contribution < -0.4 is 0 Å². The Morgan fingerprint density at radius 2 is 0.723 bits per heavy atom. The number of benzene rings is 2. The largest absolute Gasteiger partial charge is 0.145 e. The van der Waals surface area contributed by atoms with E-state index < -0.39 is 0 Å². The van der Waals surface area contributed by atoms with Crippen molar-refractivity contribution in [1.82, 2.24) is 0 Å². The maximum absolute atomic E-state index is 2.59. The summed E-state index contributed by atoms with van der Waals surface area (Å²) >= 11 is 0. The zero-order chi connectivity index (χ0) is 31.0. The number of hydrogen-bond acceptors (Lipinski definition) is 0. The average molecular weight is 674 g/mol. The minimum absolute atomic E-state index is 0. The van der Waals surface area contributed by atoms with Crippen LogP contribution in [-0.2, 0) is 42.5 Å². The molecule has 0 unspecified atom stereocenters. The van der Waals surface area contributed by atoms with Gasteiger partial charge in [-0.15, -0.1) is 93.7 Å². The Morgan fingerprint density at radius 3 is 1.06 bits per heavy atom. The Labute approximate surface area is 297 Å². The Morgan fingerprint density at radius 1 is 0.404 bits per heavy atom. The van der Waals surface area contributed by atoms with Crippen LogP contribution in [0.15, 0.2) is 60.7 Å². The molecular formula is C46H62Co-2. The molecule has 4 aliphatic rings. The fourth-order valence-electron chi connectivity index (χ4n) is 10.3. The molecule has 0 saturated heterocycles. The predicted molar refractivity (Wildman–Crippen MR) is 200 cm³/mol. The fraction of sp³-hybridized carbons (Fsp3) is 0.609. The molecule has 8 rings (SSSR count). The van der Waals surface area contributed by atoms with Crippen molar-refractivity contribution in [2.24, 2.45) is 23.7 Å². The second-order valence-corrected chi connectivity index (χ2v) is 16.3. The third kappa shape index (κ3) is 9.24. The summed E-state index contributed by atoms with van der Waals surface area (Å²) < 4.78 is 0. The first-order chi connectivity index (χ1) is 22.8. The minimum Gasteiger partial charge on any atom is -0.145 e. The molecule has 1 radical (unpaired) electrons. The van der Waals surface area contributed by atoms with Crippen LogP contribution in [0, 0.1) is 23.7 Å². The van der Waals surface area contributed by atoms with Gasteiger partial charge in [0.25, 0.3) is 0 Å². The van der Waals surface area contributed by atoms with Gasteiger partial charge in [0.1, 0.15) is 0 Å². The summed E-state index contributed by atoms with van der Waals surface area (Å²) in [6, 6.07) is 23.6. The minimum atomic E-state index is 0. The van der Waals surface area contributed by atoms with E-state index >= 15 is 0 Å². The van der Waals surface area contributed by atoms with Gasteiger partial charge in [0.05, 0.1) is 0 Å². The maximum atomic E-state index is 2.59. The van der Waals surface area contributed by atoms with Crippen molar-refractivity contribution in [1.29, 1.82) is 0 Å². The van der Waals surface area contributed by atoms with Gasteiger partial charge in [0.15, 0.2) is 0 Å². The van der Waals surface area contributed by atoms with Crippen LogP contribution in [0.3, 0.4) is 0 Å². The van der Waals surface area contributed by atoms with Crippen molar-refractivity contribution >= 4 is 21.5 Å². The van der Waals surface area contributed by atoms with Gasteiger partial charge in [0, 0.05) is 16.8 Å². The normalized spacial score (nSPS) is 20.6. The summed E-state index contributed by atoms with van der Waals surface area (Å²) in [6.45, 7) is 0. The van der Waals surface area contributed by atoms with E-state index in [1.807, 2.05) is 0 Å². The number of hydrogen-bond donors (Lipinski definition) is 0. The molecule has 0 amide bonds. The summed E-state index contributed by atoms with van der Waals surface area (Å²) in [7, 11) is 0. The SMILES string of the molecule is [Co].c1cc[c-]2c(CC3CCCCC3)cc(CC3CCCCC3)c2c1.c1cc[c-]2c(CC3CCCCC3)cc(CC3CCCCC3)c2c1. The standard InChI is InChI=1S/2C23H31.Co/c2*1-3-9-18(10-4-1)15-20-17-21(16-19-11-5-2-6-12-19)23-14-8-7-13-22(20)23;/h2*7-8,13-14,17-19H,1-6,9-12,15-16H2;/q2*-1;. The van der Waals surface area contributed by atoms with Crippen molar-refractivity contribution in [3.8, 4) is 0 Å². The Bertz CT molecular complexity index is 1250. The predicted octanol–water partition coefficient (Wildman–Crippen LogP) is 13.6. The molecule has 0 aromatic heterocycles. The molecule has 0 nitrogen and oxygen atoms in total. The van der Waals surface area contributed by atoms with Crippen LogP contribution in [0.4, 0.5) is 0 Å². The molecule has 4 saturated carbocycles. The summed E-state index contributed by atoms with van der Waals surface area (Å²) in [5, 5.41) is 6.24. The van der Waals surface area contributed by atoms with Crippen LogP contribution >= 0.6 is 0 Å². The summed E-state index contributed by atoms with van der Waals surface area (Å²) in [4.78, 5) is 0. The van der Waals surface area contributed by atoms with Crippen LogP contribution in [0.2, 0.25) is 0 Å². The molecule has 0 N–H and O–H groups in total. The first kappa shape index (κ1) is 35.0. The first-order valence-electron chi connectivity index (χ1n) is 20.1. The van der Waals surface area contributed by atoms with Gasteiger partial charge in [-0.25, -0.2) is 0 Å².